The minimum Gasteiger partial charge on any atom is -0.490 e. The van der Waals surface area contributed by atoms with E-state index < -0.39 is 12.6 Å². The van der Waals surface area contributed by atoms with Crippen LogP contribution in [0, 0.1) is 17.3 Å². The number of hydrogen-bond acceptors (Lipinski definition) is 3. The molecule has 5 heteroatoms. The van der Waals surface area contributed by atoms with E-state index in [1.807, 2.05) is 30.3 Å². The minimum absolute atomic E-state index is 0.162. The maximum Gasteiger partial charge on any atom is 0.306 e. The number of aliphatic carboxylic acids is 1. The normalized spacial score (nSPS) is 24.9. The number of carboxylic acid groups (broad SMARTS) is 1. The van der Waals surface area contributed by atoms with E-state index in [-0.39, 0.29) is 18.1 Å². The van der Waals surface area contributed by atoms with Crippen LogP contribution in [0.1, 0.15) is 76.8 Å². The van der Waals surface area contributed by atoms with Crippen molar-refractivity contribution in [3.05, 3.63) is 53.6 Å². The van der Waals surface area contributed by atoms with Gasteiger partial charge in [-0.05, 0) is 91.2 Å². The lowest BCUT2D eigenvalue weighted by atomic mass is 9.72. The van der Waals surface area contributed by atoms with Gasteiger partial charge < -0.3 is 15.2 Å². The van der Waals surface area contributed by atoms with Crippen molar-refractivity contribution in [1.82, 2.24) is 5.32 Å². The lowest BCUT2D eigenvalue weighted by Crippen LogP contribution is -2.30. The molecule has 2 aliphatic carbocycles. The van der Waals surface area contributed by atoms with Gasteiger partial charge >= 0.3 is 5.97 Å². The smallest absolute Gasteiger partial charge is 0.306 e. The molecule has 0 heterocycles. The average Bonchev–Trinajstić information content (AvgIpc) is 3.33. The van der Waals surface area contributed by atoms with Crippen LogP contribution in [0.25, 0.3) is 11.1 Å². The highest BCUT2D eigenvalue weighted by Gasteiger charge is 2.31. The molecule has 0 amide bonds. The Morgan fingerprint density at radius 1 is 1.03 bits per heavy atom. The molecule has 190 valence electrons. The van der Waals surface area contributed by atoms with Crippen molar-refractivity contribution in [2.45, 2.75) is 91.1 Å². The lowest BCUT2D eigenvalue weighted by molar-refractivity contribution is -0.141. The summed E-state index contributed by atoms with van der Waals surface area (Å²) in [5.74, 6) is 0.471. The molecule has 2 saturated carbocycles. The van der Waals surface area contributed by atoms with Crippen LogP contribution >= 0.6 is 0 Å². The quantitative estimate of drug-likeness (QED) is 0.420. The first-order chi connectivity index (χ1) is 16.7. The summed E-state index contributed by atoms with van der Waals surface area (Å²) in [6, 6.07) is 14.4. The Morgan fingerprint density at radius 2 is 1.77 bits per heavy atom. The van der Waals surface area contributed by atoms with Gasteiger partial charge in [0.1, 0.15) is 12.4 Å². The van der Waals surface area contributed by atoms with Crippen molar-refractivity contribution in [2.75, 3.05) is 0 Å². The topological polar surface area (TPSA) is 58.6 Å². The number of alkyl halides is 1. The van der Waals surface area contributed by atoms with E-state index in [1.165, 1.54) is 0 Å². The summed E-state index contributed by atoms with van der Waals surface area (Å²) >= 11 is 0. The van der Waals surface area contributed by atoms with Crippen molar-refractivity contribution in [3.63, 3.8) is 0 Å². The Labute approximate surface area is 209 Å². The largest absolute Gasteiger partial charge is 0.490 e. The van der Waals surface area contributed by atoms with Crippen LogP contribution in [0.5, 0.6) is 5.75 Å². The molecule has 35 heavy (non-hydrogen) atoms. The van der Waals surface area contributed by atoms with Crippen LogP contribution < -0.4 is 10.1 Å². The van der Waals surface area contributed by atoms with E-state index in [0.717, 1.165) is 61.1 Å². The Balaban J connectivity index is 1.38. The Morgan fingerprint density at radius 3 is 2.43 bits per heavy atom. The summed E-state index contributed by atoms with van der Waals surface area (Å²) in [5.41, 5.74) is 4.11. The van der Waals surface area contributed by atoms with Crippen molar-refractivity contribution in [2.24, 2.45) is 17.3 Å². The molecule has 2 N–H and O–H groups in total. The number of halogens is 1. The molecule has 2 aromatic carbocycles. The van der Waals surface area contributed by atoms with Gasteiger partial charge in [0.05, 0.1) is 12.0 Å². The fourth-order valence-corrected chi connectivity index (χ4v) is 5.72. The van der Waals surface area contributed by atoms with Gasteiger partial charge in [-0.1, -0.05) is 45.0 Å². The van der Waals surface area contributed by atoms with Crippen LogP contribution in [0.2, 0.25) is 0 Å². The Bertz CT molecular complexity index is 1010. The zero-order chi connectivity index (χ0) is 25.0. The second-order valence-electron chi connectivity index (χ2n) is 11.5. The van der Waals surface area contributed by atoms with Crippen LogP contribution in [0.3, 0.4) is 0 Å². The molecule has 2 fully saturated rings. The van der Waals surface area contributed by atoms with Crippen molar-refractivity contribution >= 4 is 5.97 Å². The van der Waals surface area contributed by atoms with E-state index >= 15 is 0 Å². The minimum atomic E-state index is -0.690. The summed E-state index contributed by atoms with van der Waals surface area (Å²) in [4.78, 5) is 11.2. The SMILES string of the molecule is CC(C)(C)C1CCC(Oc2ccc(-c3cccc(CNC4CCC(C(=O)O)C4)c3)cc2CF)CC1. The highest BCUT2D eigenvalue weighted by molar-refractivity contribution is 5.70. The highest BCUT2D eigenvalue weighted by atomic mass is 19.1. The van der Waals surface area contributed by atoms with E-state index in [2.05, 4.69) is 38.2 Å². The van der Waals surface area contributed by atoms with Gasteiger partial charge in [0, 0.05) is 18.2 Å². The maximum atomic E-state index is 14.0. The summed E-state index contributed by atoms with van der Waals surface area (Å²) in [7, 11) is 0. The van der Waals surface area contributed by atoms with Gasteiger partial charge in [0.25, 0.3) is 0 Å². The molecular formula is C30H40FNO3. The third-order valence-electron chi connectivity index (χ3n) is 8.03. The van der Waals surface area contributed by atoms with Crippen LogP contribution in [0.4, 0.5) is 4.39 Å². The molecule has 2 atom stereocenters. The Hall–Kier alpha value is -2.40. The fourth-order valence-electron chi connectivity index (χ4n) is 5.72. The standard InChI is InChI=1S/C30H40FNO3/c1-30(2,3)25-9-12-27(13-10-25)35-28-14-8-22(16-24(28)18-31)21-6-4-5-20(15-21)19-32-26-11-7-23(17-26)29(33)34/h4-6,8,14-16,23,25-27,32H,7,9-13,17-19H2,1-3H3,(H,33,34). The first kappa shape index (κ1) is 25.7. The monoisotopic (exact) mass is 481 g/mol. The molecular weight excluding hydrogens is 441 g/mol. The Kier molecular flexibility index (Phi) is 8.16. The fraction of sp³-hybridized carbons (Fsp3) is 0.567. The first-order valence-corrected chi connectivity index (χ1v) is 13.1. The highest BCUT2D eigenvalue weighted by Crippen LogP contribution is 2.39. The predicted molar refractivity (Wildman–Crippen MR) is 138 cm³/mol. The number of ether oxygens (including phenoxy) is 1. The molecule has 2 aromatic rings. The molecule has 0 bridgehead atoms. The summed E-state index contributed by atoms with van der Waals surface area (Å²) in [6.07, 6.45) is 6.87. The van der Waals surface area contributed by atoms with Crippen molar-refractivity contribution in [1.29, 1.82) is 0 Å². The van der Waals surface area contributed by atoms with Gasteiger partial charge in [-0.3, -0.25) is 4.79 Å². The zero-order valence-corrected chi connectivity index (χ0v) is 21.4. The van der Waals surface area contributed by atoms with Gasteiger partial charge in [0.2, 0.25) is 0 Å². The summed E-state index contributed by atoms with van der Waals surface area (Å²) < 4.78 is 20.3. The number of carboxylic acids is 1. The molecule has 0 radical (unpaired) electrons. The summed E-state index contributed by atoms with van der Waals surface area (Å²) in [6.45, 7) is 7.08. The van der Waals surface area contributed by atoms with Crippen LogP contribution in [0.15, 0.2) is 42.5 Å². The third-order valence-corrected chi connectivity index (χ3v) is 8.03. The van der Waals surface area contributed by atoms with E-state index in [1.54, 1.807) is 0 Å². The number of rotatable bonds is 8. The third kappa shape index (κ3) is 6.63. The van der Waals surface area contributed by atoms with Crippen molar-refractivity contribution in [3.8, 4) is 16.9 Å². The number of carbonyl (C=O) groups is 1. The van der Waals surface area contributed by atoms with Crippen LogP contribution in [-0.4, -0.2) is 23.2 Å². The number of nitrogens with one attached hydrogen (secondary N) is 1. The molecule has 0 aromatic heterocycles. The molecule has 2 aliphatic rings. The van der Waals surface area contributed by atoms with E-state index in [4.69, 9.17) is 4.74 Å². The molecule has 0 aliphatic heterocycles. The van der Waals surface area contributed by atoms with Crippen LogP contribution in [-0.2, 0) is 18.0 Å². The second-order valence-corrected chi connectivity index (χ2v) is 11.5. The molecule has 0 saturated heterocycles. The number of benzene rings is 2. The molecule has 4 rings (SSSR count). The van der Waals surface area contributed by atoms with E-state index in [0.29, 0.717) is 29.7 Å². The van der Waals surface area contributed by atoms with Gasteiger partial charge in [-0.25, -0.2) is 4.39 Å². The van der Waals surface area contributed by atoms with Gasteiger partial charge in [-0.15, -0.1) is 0 Å². The van der Waals surface area contributed by atoms with Gasteiger partial charge in [0.15, 0.2) is 0 Å². The summed E-state index contributed by atoms with van der Waals surface area (Å²) in [5, 5.41) is 12.7. The predicted octanol–water partition coefficient (Wildman–Crippen LogP) is 7.15. The average molecular weight is 482 g/mol. The number of hydrogen-bond donors (Lipinski definition) is 2. The van der Waals surface area contributed by atoms with E-state index in [9.17, 15) is 14.3 Å². The second kappa shape index (κ2) is 11.1. The molecule has 4 nitrogen and oxygen atoms in total. The maximum absolute atomic E-state index is 14.0. The van der Waals surface area contributed by atoms with Crippen molar-refractivity contribution < 1.29 is 19.0 Å². The first-order valence-electron chi connectivity index (χ1n) is 13.1. The van der Waals surface area contributed by atoms with Gasteiger partial charge in [-0.2, -0.15) is 0 Å². The molecule has 2 unspecified atom stereocenters. The lowest BCUT2D eigenvalue weighted by Gasteiger charge is -2.37. The zero-order valence-electron chi connectivity index (χ0n) is 21.4. The molecule has 0 spiro atoms.